The highest BCUT2D eigenvalue weighted by molar-refractivity contribution is 6.32. The Bertz CT molecular complexity index is 691. The van der Waals surface area contributed by atoms with Crippen molar-refractivity contribution in [3.8, 4) is 0 Å². The first kappa shape index (κ1) is 16.8. The topological polar surface area (TPSA) is 46.7 Å². The molecule has 24 heavy (non-hydrogen) atoms. The highest BCUT2D eigenvalue weighted by Crippen LogP contribution is 2.16. The highest BCUT2D eigenvalue weighted by atomic mass is 35.5. The van der Waals surface area contributed by atoms with E-state index < -0.39 is 0 Å². The molecular weight excluding hydrogens is 324 g/mol. The Morgan fingerprint density at radius 1 is 1.25 bits per heavy atom. The van der Waals surface area contributed by atoms with Crippen molar-refractivity contribution in [2.45, 2.75) is 18.9 Å². The van der Waals surface area contributed by atoms with Gasteiger partial charge in [0.15, 0.2) is 11.8 Å². The Balaban J connectivity index is 1.60. The van der Waals surface area contributed by atoms with Crippen LogP contribution in [0.4, 0.5) is 0 Å². The van der Waals surface area contributed by atoms with Gasteiger partial charge in [-0.15, -0.1) is 0 Å². The molecule has 0 radical (unpaired) electrons. The van der Waals surface area contributed by atoms with Gasteiger partial charge in [0.05, 0.1) is 25.9 Å². The molecule has 1 fully saturated rings. The molecule has 0 bridgehead atoms. The summed E-state index contributed by atoms with van der Waals surface area (Å²) in [5.74, 6) is 0.812. The number of halogens is 1. The van der Waals surface area contributed by atoms with Gasteiger partial charge >= 0.3 is 0 Å². The Kier molecular flexibility index (Phi) is 5.72. The van der Waals surface area contributed by atoms with E-state index in [0.717, 1.165) is 24.4 Å². The monoisotopic (exact) mass is 345 g/mol. The van der Waals surface area contributed by atoms with Gasteiger partial charge in [0.1, 0.15) is 0 Å². The second kappa shape index (κ2) is 8.18. The Morgan fingerprint density at radius 2 is 2.04 bits per heavy atom. The van der Waals surface area contributed by atoms with Gasteiger partial charge in [-0.05, 0) is 29.8 Å². The normalized spacial score (nSPS) is 16.5. The van der Waals surface area contributed by atoms with Crippen LogP contribution in [-0.2, 0) is 4.79 Å². The largest absolute Gasteiger partial charge is 0.463 e. The van der Waals surface area contributed by atoms with Gasteiger partial charge < -0.3 is 14.6 Å². The maximum atomic E-state index is 12.1. The summed E-state index contributed by atoms with van der Waals surface area (Å²) in [6.45, 7) is 2.81. The number of benzene rings is 1. The molecule has 0 unspecified atom stereocenters. The first-order valence-corrected chi connectivity index (χ1v) is 8.70. The average molecular weight is 346 g/mol. The van der Waals surface area contributed by atoms with Crippen LogP contribution < -0.4 is 10.2 Å². The molecule has 5 heteroatoms. The lowest BCUT2D eigenvalue weighted by Crippen LogP contribution is -3.11. The number of rotatable bonds is 6. The number of quaternary nitrogens is 1. The highest BCUT2D eigenvalue weighted by Gasteiger charge is 2.29. The number of amides is 1. The average Bonchev–Trinajstić information content (AvgIpc) is 3.28. The van der Waals surface area contributed by atoms with Crippen molar-refractivity contribution >= 4 is 23.6 Å². The molecule has 1 amide bonds. The van der Waals surface area contributed by atoms with Crippen molar-refractivity contribution in [2.24, 2.45) is 0 Å². The SMILES string of the molecule is O=C(/C=C/c1ccccc1Cl)NC[C@H](c1ccco1)[NH+]1CCCC1. The molecular formula is C19H22ClN2O2+. The summed E-state index contributed by atoms with van der Waals surface area (Å²) in [6.07, 6.45) is 7.42. The summed E-state index contributed by atoms with van der Waals surface area (Å²) in [4.78, 5) is 13.6. The van der Waals surface area contributed by atoms with E-state index in [1.165, 1.54) is 23.8 Å². The van der Waals surface area contributed by atoms with Crippen LogP contribution >= 0.6 is 11.6 Å². The molecule has 0 spiro atoms. The molecule has 1 aromatic carbocycles. The Hall–Kier alpha value is -2.04. The molecule has 1 aliphatic heterocycles. The molecule has 4 nitrogen and oxygen atoms in total. The molecule has 3 rings (SSSR count). The fourth-order valence-corrected chi connectivity index (χ4v) is 3.35. The molecule has 1 atom stereocenters. The van der Waals surface area contributed by atoms with Crippen LogP contribution in [0.5, 0.6) is 0 Å². The van der Waals surface area contributed by atoms with Crippen LogP contribution in [0.15, 0.2) is 53.2 Å². The quantitative estimate of drug-likeness (QED) is 0.790. The molecule has 1 aliphatic rings. The lowest BCUT2D eigenvalue weighted by molar-refractivity contribution is -0.919. The molecule has 2 aromatic rings. The second-order valence-electron chi connectivity index (χ2n) is 6.03. The fraction of sp³-hybridized carbons (Fsp3) is 0.316. The molecule has 126 valence electrons. The zero-order valence-corrected chi connectivity index (χ0v) is 14.3. The van der Waals surface area contributed by atoms with E-state index in [9.17, 15) is 4.79 Å². The van der Waals surface area contributed by atoms with Gasteiger partial charge in [0, 0.05) is 23.9 Å². The second-order valence-corrected chi connectivity index (χ2v) is 6.44. The molecule has 2 heterocycles. The number of carbonyl (C=O) groups excluding carboxylic acids is 1. The van der Waals surface area contributed by atoms with E-state index in [4.69, 9.17) is 16.0 Å². The van der Waals surface area contributed by atoms with Crippen LogP contribution in [0.3, 0.4) is 0 Å². The smallest absolute Gasteiger partial charge is 0.244 e. The van der Waals surface area contributed by atoms with E-state index >= 15 is 0 Å². The van der Waals surface area contributed by atoms with E-state index in [0.29, 0.717) is 11.6 Å². The number of carbonyl (C=O) groups is 1. The first-order chi connectivity index (χ1) is 11.7. The van der Waals surface area contributed by atoms with Crippen molar-refractivity contribution in [2.75, 3.05) is 19.6 Å². The third-order valence-corrected chi connectivity index (χ3v) is 4.77. The van der Waals surface area contributed by atoms with E-state index in [1.807, 2.05) is 36.4 Å². The van der Waals surface area contributed by atoms with Crippen molar-refractivity contribution in [3.05, 3.63) is 65.1 Å². The van der Waals surface area contributed by atoms with Crippen LogP contribution in [-0.4, -0.2) is 25.5 Å². The zero-order chi connectivity index (χ0) is 16.8. The van der Waals surface area contributed by atoms with Crippen molar-refractivity contribution in [3.63, 3.8) is 0 Å². The predicted molar refractivity (Wildman–Crippen MR) is 94.9 cm³/mol. The minimum Gasteiger partial charge on any atom is -0.463 e. The van der Waals surface area contributed by atoms with Crippen LogP contribution in [0.2, 0.25) is 5.02 Å². The fourth-order valence-electron chi connectivity index (χ4n) is 3.15. The number of nitrogens with one attached hydrogen (secondary N) is 2. The van der Waals surface area contributed by atoms with Gasteiger partial charge in [-0.25, -0.2) is 0 Å². The number of hydrogen-bond donors (Lipinski definition) is 2. The number of hydrogen-bond acceptors (Lipinski definition) is 2. The maximum Gasteiger partial charge on any atom is 0.244 e. The Labute approximate surface area is 147 Å². The summed E-state index contributed by atoms with van der Waals surface area (Å²) in [7, 11) is 0. The van der Waals surface area contributed by atoms with E-state index in [-0.39, 0.29) is 11.9 Å². The third kappa shape index (κ3) is 4.28. The molecule has 0 saturated carbocycles. The number of furan rings is 1. The van der Waals surface area contributed by atoms with Crippen molar-refractivity contribution in [1.29, 1.82) is 0 Å². The van der Waals surface area contributed by atoms with Gasteiger partial charge in [0.2, 0.25) is 5.91 Å². The van der Waals surface area contributed by atoms with E-state index in [1.54, 1.807) is 12.3 Å². The minimum absolute atomic E-state index is 0.120. The summed E-state index contributed by atoms with van der Waals surface area (Å²) >= 11 is 6.09. The van der Waals surface area contributed by atoms with Gasteiger partial charge in [-0.2, -0.15) is 0 Å². The third-order valence-electron chi connectivity index (χ3n) is 4.43. The summed E-state index contributed by atoms with van der Waals surface area (Å²) < 4.78 is 5.58. The summed E-state index contributed by atoms with van der Waals surface area (Å²) in [5, 5.41) is 3.62. The Morgan fingerprint density at radius 3 is 2.75 bits per heavy atom. The molecule has 0 aliphatic carbocycles. The van der Waals surface area contributed by atoms with Crippen molar-refractivity contribution < 1.29 is 14.1 Å². The molecule has 1 aromatic heterocycles. The zero-order valence-electron chi connectivity index (χ0n) is 13.5. The van der Waals surface area contributed by atoms with E-state index in [2.05, 4.69) is 5.32 Å². The van der Waals surface area contributed by atoms with Crippen LogP contribution in [0.1, 0.15) is 30.2 Å². The summed E-state index contributed by atoms with van der Waals surface area (Å²) in [5.41, 5.74) is 0.835. The van der Waals surface area contributed by atoms with Gasteiger partial charge in [-0.1, -0.05) is 29.8 Å². The number of likely N-dealkylation sites (tertiary alicyclic amines) is 1. The minimum atomic E-state index is -0.120. The van der Waals surface area contributed by atoms with Gasteiger partial charge in [0.25, 0.3) is 0 Å². The van der Waals surface area contributed by atoms with Gasteiger partial charge in [-0.3, -0.25) is 4.79 Å². The van der Waals surface area contributed by atoms with Crippen molar-refractivity contribution in [1.82, 2.24) is 5.32 Å². The van der Waals surface area contributed by atoms with Crippen LogP contribution in [0.25, 0.3) is 6.08 Å². The maximum absolute atomic E-state index is 12.1. The molecule has 2 N–H and O–H groups in total. The predicted octanol–water partition coefficient (Wildman–Crippen LogP) is 2.48. The standard InChI is InChI=1S/C19H21ClN2O2/c20-16-7-2-1-6-15(16)9-10-19(23)21-14-17(18-8-5-13-24-18)22-11-3-4-12-22/h1-2,5-10,13,17H,3-4,11-12,14H2,(H,21,23)/p+1/b10-9+/t17-/m1/s1. The first-order valence-electron chi connectivity index (χ1n) is 8.32. The summed E-state index contributed by atoms with van der Waals surface area (Å²) in [6, 6.07) is 11.5. The molecule has 1 saturated heterocycles. The lowest BCUT2D eigenvalue weighted by atomic mass is 10.2. The van der Waals surface area contributed by atoms with Crippen LogP contribution in [0, 0.1) is 0 Å². The lowest BCUT2D eigenvalue weighted by Gasteiger charge is -2.22.